The first-order valence-corrected chi connectivity index (χ1v) is 11.6. The van der Waals surface area contributed by atoms with E-state index in [0.29, 0.717) is 37.4 Å². The molecule has 13 heteroatoms. The molecular weight excluding hydrogens is 510 g/mol. The van der Waals surface area contributed by atoms with Gasteiger partial charge in [0.25, 0.3) is 0 Å². The Balaban J connectivity index is 0.000000308. The second kappa shape index (κ2) is 11.3. The number of aliphatic imine (C=N–C) groups is 1. The minimum atomic E-state index is -2.75. The molecule has 2 aliphatic heterocycles. The molecule has 5 rings (SSSR count). The Hall–Kier alpha value is -2.80. The molecule has 4 heterocycles. The van der Waals surface area contributed by atoms with E-state index in [-0.39, 0.29) is 38.8 Å². The number of amidine groups is 1. The minimum Gasteiger partial charge on any atom is -0.352 e. The van der Waals surface area contributed by atoms with Crippen molar-refractivity contribution in [3.63, 3.8) is 0 Å². The van der Waals surface area contributed by atoms with Gasteiger partial charge in [-0.1, -0.05) is 17.7 Å². The van der Waals surface area contributed by atoms with Gasteiger partial charge in [0.05, 0.1) is 26.0 Å². The SMILES string of the molecule is FC(F)n1cc(C2=C(CC3(F)COCOC3)NC(c3nccs3)=NC2)cn1.Fc1cccc(Cl)c1. The molecular formula is C22H20ClF4N5O2S. The monoisotopic (exact) mass is 529 g/mol. The molecule has 186 valence electrons. The average Bonchev–Trinajstić information content (AvgIpc) is 3.52. The van der Waals surface area contributed by atoms with Crippen LogP contribution in [0.3, 0.4) is 0 Å². The van der Waals surface area contributed by atoms with Crippen LogP contribution in [0.4, 0.5) is 17.6 Å². The lowest BCUT2D eigenvalue weighted by Gasteiger charge is -2.32. The zero-order valence-electron chi connectivity index (χ0n) is 18.1. The fourth-order valence-electron chi connectivity index (χ4n) is 3.42. The van der Waals surface area contributed by atoms with E-state index in [0.717, 1.165) is 0 Å². The number of aromatic nitrogens is 3. The maximum Gasteiger partial charge on any atom is 0.333 e. The fraction of sp³-hybridized carbons (Fsp3) is 0.318. The van der Waals surface area contributed by atoms with E-state index in [1.807, 2.05) is 5.38 Å². The molecule has 1 saturated heterocycles. The van der Waals surface area contributed by atoms with Crippen molar-refractivity contribution in [3.05, 3.63) is 75.3 Å². The van der Waals surface area contributed by atoms with Crippen molar-refractivity contribution in [2.75, 3.05) is 26.6 Å². The summed E-state index contributed by atoms with van der Waals surface area (Å²) in [7, 11) is 0. The van der Waals surface area contributed by atoms with Gasteiger partial charge in [0.15, 0.2) is 16.5 Å². The first kappa shape index (κ1) is 25.3. The number of allylic oxidation sites excluding steroid dienone is 1. The third-order valence-corrected chi connectivity index (χ3v) is 6.00. The summed E-state index contributed by atoms with van der Waals surface area (Å²) < 4.78 is 63.7. The van der Waals surface area contributed by atoms with Crippen LogP contribution in [-0.4, -0.2) is 52.8 Å². The van der Waals surface area contributed by atoms with E-state index < -0.39 is 12.2 Å². The normalized spacial score (nSPS) is 17.5. The number of ether oxygens (including phenoxy) is 2. The maximum atomic E-state index is 15.1. The van der Waals surface area contributed by atoms with Crippen molar-refractivity contribution in [1.82, 2.24) is 20.1 Å². The van der Waals surface area contributed by atoms with Crippen LogP contribution in [0.5, 0.6) is 0 Å². The molecule has 7 nitrogen and oxygen atoms in total. The summed E-state index contributed by atoms with van der Waals surface area (Å²) in [4.78, 5) is 8.64. The molecule has 0 atom stereocenters. The topological polar surface area (TPSA) is 73.6 Å². The van der Waals surface area contributed by atoms with Gasteiger partial charge in [-0.15, -0.1) is 11.3 Å². The van der Waals surface area contributed by atoms with Gasteiger partial charge in [-0.25, -0.2) is 18.4 Å². The summed E-state index contributed by atoms with van der Waals surface area (Å²) in [6.07, 6.45) is 4.16. The van der Waals surface area contributed by atoms with E-state index in [9.17, 15) is 13.2 Å². The molecule has 0 bridgehead atoms. The van der Waals surface area contributed by atoms with Crippen LogP contribution in [0, 0.1) is 5.82 Å². The predicted molar refractivity (Wildman–Crippen MR) is 124 cm³/mol. The highest BCUT2D eigenvalue weighted by Gasteiger charge is 2.37. The number of nitrogens with zero attached hydrogens (tertiary/aromatic N) is 4. The predicted octanol–water partition coefficient (Wildman–Crippen LogP) is 5.08. The van der Waals surface area contributed by atoms with Crippen LogP contribution in [0.2, 0.25) is 5.02 Å². The molecule has 35 heavy (non-hydrogen) atoms. The molecule has 3 aromatic rings. The fourth-order valence-corrected chi connectivity index (χ4v) is 4.20. The summed E-state index contributed by atoms with van der Waals surface area (Å²) in [5.74, 6) is 0.226. The summed E-state index contributed by atoms with van der Waals surface area (Å²) in [5, 5.41) is 9.69. The molecule has 1 fully saturated rings. The number of rotatable bonds is 5. The largest absolute Gasteiger partial charge is 0.352 e. The van der Waals surface area contributed by atoms with E-state index >= 15 is 4.39 Å². The Kier molecular flexibility index (Phi) is 8.16. The van der Waals surface area contributed by atoms with Crippen LogP contribution in [-0.2, 0) is 9.47 Å². The lowest BCUT2D eigenvalue weighted by atomic mass is 9.95. The van der Waals surface area contributed by atoms with Crippen molar-refractivity contribution in [1.29, 1.82) is 0 Å². The van der Waals surface area contributed by atoms with Gasteiger partial charge < -0.3 is 14.8 Å². The van der Waals surface area contributed by atoms with Crippen LogP contribution in [0.15, 0.2) is 58.9 Å². The summed E-state index contributed by atoms with van der Waals surface area (Å²) in [6.45, 7) is -2.71. The zero-order valence-corrected chi connectivity index (χ0v) is 19.7. The Bertz CT molecular complexity index is 1180. The first-order chi connectivity index (χ1) is 16.8. The number of alkyl halides is 3. The molecule has 2 aliphatic rings. The van der Waals surface area contributed by atoms with Gasteiger partial charge >= 0.3 is 6.55 Å². The van der Waals surface area contributed by atoms with Crippen LogP contribution >= 0.6 is 22.9 Å². The maximum absolute atomic E-state index is 15.1. The highest BCUT2D eigenvalue weighted by molar-refractivity contribution is 7.11. The van der Waals surface area contributed by atoms with Crippen LogP contribution in [0.25, 0.3) is 5.57 Å². The first-order valence-electron chi connectivity index (χ1n) is 10.3. The molecule has 0 saturated carbocycles. The quantitative estimate of drug-likeness (QED) is 0.467. The second-order valence-corrected chi connectivity index (χ2v) is 8.98. The van der Waals surface area contributed by atoms with Crippen molar-refractivity contribution < 1.29 is 27.0 Å². The van der Waals surface area contributed by atoms with Crippen LogP contribution < -0.4 is 5.32 Å². The van der Waals surface area contributed by atoms with Crippen molar-refractivity contribution in [2.24, 2.45) is 4.99 Å². The van der Waals surface area contributed by atoms with Gasteiger partial charge in [-0.3, -0.25) is 4.99 Å². The molecule has 0 spiro atoms. The van der Waals surface area contributed by atoms with Crippen molar-refractivity contribution in [2.45, 2.75) is 18.6 Å². The lowest BCUT2D eigenvalue weighted by molar-refractivity contribution is -0.171. The van der Waals surface area contributed by atoms with Crippen molar-refractivity contribution in [3.8, 4) is 0 Å². The molecule has 0 radical (unpaired) electrons. The summed E-state index contributed by atoms with van der Waals surface area (Å²) in [5.41, 5.74) is -0.137. The van der Waals surface area contributed by atoms with E-state index in [1.54, 1.807) is 18.3 Å². The molecule has 0 unspecified atom stereocenters. The minimum absolute atomic E-state index is 0.0351. The Morgan fingerprint density at radius 2 is 2.06 bits per heavy atom. The van der Waals surface area contributed by atoms with Gasteiger partial charge in [-0.2, -0.15) is 13.9 Å². The lowest BCUT2D eigenvalue weighted by Crippen LogP contribution is -2.43. The highest BCUT2D eigenvalue weighted by Crippen LogP contribution is 2.31. The zero-order chi connectivity index (χ0) is 24.8. The van der Waals surface area contributed by atoms with E-state index in [1.165, 1.54) is 35.9 Å². The number of hydrogen-bond donors (Lipinski definition) is 1. The Morgan fingerprint density at radius 3 is 2.66 bits per heavy atom. The smallest absolute Gasteiger partial charge is 0.333 e. The highest BCUT2D eigenvalue weighted by atomic mass is 35.5. The third-order valence-electron chi connectivity index (χ3n) is 4.98. The standard InChI is InChI=1S/C16H16F3N5O2S.C6H4ClF/c17-15(18)24-6-10(4-22-24)11-5-21-13(14-20-1-2-27-14)23-12(11)3-16(19)7-25-9-26-8-16;7-5-2-1-3-6(8)4-5/h1-2,4,6,15H,3,5,7-9H2,(H,21,23);1-4H. The van der Waals surface area contributed by atoms with Gasteiger partial charge in [0.2, 0.25) is 0 Å². The Labute approximate surface area is 207 Å². The third kappa shape index (κ3) is 6.66. The summed E-state index contributed by atoms with van der Waals surface area (Å²) >= 11 is 6.80. The Morgan fingerprint density at radius 1 is 1.26 bits per heavy atom. The van der Waals surface area contributed by atoms with Crippen LogP contribution in [0.1, 0.15) is 23.5 Å². The average molecular weight is 530 g/mol. The number of halogens is 5. The molecule has 0 aliphatic carbocycles. The number of nitrogens with one attached hydrogen (secondary N) is 1. The second-order valence-electron chi connectivity index (χ2n) is 7.65. The van der Waals surface area contributed by atoms with E-state index in [2.05, 4.69) is 20.4 Å². The number of thiazole rings is 1. The van der Waals surface area contributed by atoms with E-state index in [4.69, 9.17) is 21.1 Å². The van der Waals surface area contributed by atoms with Gasteiger partial charge in [-0.05, 0) is 18.2 Å². The number of hydrogen-bond acceptors (Lipinski definition) is 7. The molecule has 0 amide bonds. The van der Waals surface area contributed by atoms with Gasteiger partial charge in [0, 0.05) is 46.1 Å². The molecule has 1 aromatic carbocycles. The molecule has 1 N–H and O–H groups in total. The van der Waals surface area contributed by atoms with Crippen molar-refractivity contribution >= 4 is 34.3 Å². The number of benzene rings is 1. The van der Waals surface area contributed by atoms with Gasteiger partial charge in [0.1, 0.15) is 12.6 Å². The molecule has 2 aromatic heterocycles. The summed E-state index contributed by atoms with van der Waals surface area (Å²) in [6, 6.07) is 5.82.